The van der Waals surface area contributed by atoms with Crippen molar-refractivity contribution < 1.29 is 18.3 Å². The van der Waals surface area contributed by atoms with Crippen LogP contribution in [0.2, 0.25) is 0 Å². The summed E-state index contributed by atoms with van der Waals surface area (Å²) in [6.45, 7) is 3.14. The number of amides is 1. The highest BCUT2D eigenvalue weighted by atomic mass is 79.9. The van der Waals surface area contributed by atoms with Crippen LogP contribution in [0.5, 0.6) is 5.75 Å². The van der Waals surface area contributed by atoms with Gasteiger partial charge in [-0.05, 0) is 49.2 Å². The number of anilines is 1. The molecule has 1 atom stereocenters. The maximum absolute atomic E-state index is 12.4. The molecule has 0 saturated heterocycles. The first-order chi connectivity index (χ1) is 11.2. The van der Waals surface area contributed by atoms with E-state index < -0.39 is 21.0 Å². The summed E-state index contributed by atoms with van der Waals surface area (Å²) in [5.41, 5.74) is 1.62. The summed E-state index contributed by atoms with van der Waals surface area (Å²) in [5, 5.41) is 11.0. The predicted octanol–water partition coefficient (Wildman–Crippen LogP) is 3.41. The molecule has 0 bridgehead atoms. The molecule has 0 saturated carbocycles. The topological polar surface area (TPSA) is 83.5 Å². The minimum atomic E-state index is -3.68. The number of hydrogen-bond donors (Lipinski definition) is 2. The highest BCUT2D eigenvalue weighted by molar-refractivity contribution is 9.10. The summed E-state index contributed by atoms with van der Waals surface area (Å²) in [7, 11) is -3.68. The Kier molecular flexibility index (Phi) is 5.66. The average molecular weight is 412 g/mol. The first-order valence-electron chi connectivity index (χ1n) is 7.25. The van der Waals surface area contributed by atoms with Crippen molar-refractivity contribution in [3.63, 3.8) is 0 Å². The van der Waals surface area contributed by atoms with Crippen LogP contribution in [-0.4, -0.2) is 24.7 Å². The lowest BCUT2D eigenvalue weighted by Gasteiger charge is -2.14. The summed E-state index contributed by atoms with van der Waals surface area (Å²) in [4.78, 5) is 12.2. The van der Waals surface area contributed by atoms with Crippen LogP contribution in [0.3, 0.4) is 0 Å². The Labute approximate surface area is 149 Å². The fraction of sp³-hybridized carbons (Fsp3) is 0.235. The molecule has 7 heteroatoms. The molecule has 0 aliphatic rings. The number of rotatable bonds is 5. The van der Waals surface area contributed by atoms with E-state index in [1.807, 2.05) is 0 Å². The van der Waals surface area contributed by atoms with Crippen LogP contribution >= 0.6 is 15.9 Å². The molecule has 1 amide bonds. The van der Waals surface area contributed by atoms with E-state index in [0.29, 0.717) is 5.56 Å². The number of phenols is 1. The van der Waals surface area contributed by atoms with Crippen LogP contribution in [0.15, 0.2) is 46.9 Å². The smallest absolute Gasteiger partial charge is 0.242 e. The van der Waals surface area contributed by atoms with E-state index >= 15 is 0 Å². The van der Waals surface area contributed by atoms with Gasteiger partial charge in [-0.15, -0.1) is 0 Å². The summed E-state index contributed by atoms with van der Waals surface area (Å²) >= 11 is 3.29. The van der Waals surface area contributed by atoms with Crippen LogP contribution in [0.1, 0.15) is 18.1 Å². The molecule has 5 nitrogen and oxygen atoms in total. The number of halogens is 1. The monoisotopic (exact) mass is 411 g/mol. The van der Waals surface area contributed by atoms with Gasteiger partial charge in [0, 0.05) is 4.47 Å². The van der Waals surface area contributed by atoms with Gasteiger partial charge in [0.15, 0.2) is 9.84 Å². The number of benzene rings is 2. The van der Waals surface area contributed by atoms with Crippen molar-refractivity contribution >= 4 is 37.4 Å². The largest absolute Gasteiger partial charge is 0.506 e. The van der Waals surface area contributed by atoms with Crippen molar-refractivity contribution in [2.45, 2.75) is 24.9 Å². The number of sulfone groups is 1. The number of phenolic OH excluding ortho intramolecular Hbond substituents is 1. The Bertz CT molecular complexity index is 865. The van der Waals surface area contributed by atoms with Crippen LogP contribution in [-0.2, 0) is 20.4 Å². The molecule has 0 heterocycles. The standard InChI is InChI=1S/C17H18BrNO4S/c1-11-6-7-15(16(20)8-11)19-17(21)12(2)24(22,23)10-13-4-3-5-14(18)9-13/h3-9,12,20H,10H2,1-2H3,(H,19,21)/t12-/m1/s1. The van der Waals surface area contributed by atoms with E-state index in [1.54, 1.807) is 37.3 Å². The lowest BCUT2D eigenvalue weighted by atomic mass is 10.2. The Hall–Kier alpha value is -1.86. The van der Waals surface area contributed by atoms with Gasteiger partial charge in [-0.3, -0.25) is 4.79 Å². The molecule has 0 aliphatic carbocycles. The Morgan fingerprint density at radius 3 is 2.58 bits per heavy atom. The van der Waals surface area contributed by atoms with E-state index in [1.165, 1.54) is 19.1 Å². The number of hydrogen-bond acceptors (Lipinski definition) is 4. The molecule has 128 valence electrons. The number of carbonyl (C=O) groups is 1. The van der Waals surface area contributed by atoms with E-state index in [-0.39, 0.29) is 17.2 Å². The normalized spacial score (nSPS) is 12.6. The van der Waals surface area contributed by atoms with Crippen molar-refractivity contribution in [3.05, 3.63) is 58.1 Å². The van der Waals surface area contributed by atoms with Gasteiger partial charge in [0.2, 0.25) is 5.91 Å². The highest BCUT2D eigenvalue weighted by Crippen LogP contribution is 2.25. The summed E-state index contributed by atoms with van der Waals surface area (Å²) in [6, 6.07) is 11.7. The van der Waals surface area contributed by atoms with Crippen molar-refractivity contribution in [3.8, 4) is 5.75 Å². The molecule has 0 aromatic heterocycles. The van der Waals surface area contributed by atoms with Crippen molar-refractivity contribution in [1.29, 1.82) is 0 Å². The fourth-order valence-corrected chi connectivity index (χ4v) is 3.85. The number of carbonyl (C=O) groups excluding carboxylic acids is 1. The minimum Gasteiger partial charge on any atom is -0.506 e. The second-order valence-electron chi connectivity index (χ2n) is 5.59. The molecule has 24 heavy (non-hydrogen) atoms. The maximum atomic E-state index is 12.4. The molecule has 0 aliphatic heterocycles. The lowest BCUT2D eigenvalue weighted by molar-refractivity contribution is -0.115. The third kappa shape index (κ3) is 4.58. The van der Waals surface area contributed by atoms with Gasteiger partial charge in [-0.2, -0.15) is 0 Å². The van der Waals surface area contributed by atoms with Crippen molar-refractivity contribution in [1.82, 2.24) is 0 Å². The van der Waals surface area contributed by atoms with Crippen LogP contribution in [0.4, 0.5) is 5.69 Å². The molecule has 0 fully saturated rings. The summed E-state index contributed by atoms with van der Waals surface area (Å²) in [6.07, 6.45) is 0. The zero-order valence-corrected chi connectivity index (χ0v) is 15.7. The van der Waals surface area contributed by atoms with Gasteiger partial charge in [-0.25, -0.2) is 8.42 Å². The first kappa shape index (κ1) is 18.5. The van der Waals surface area contributed by atoms with Gasteiger partial charge in [0.25, 0.3) is 0 Å². The quantitative estimate of drug-likeness (QED) is 0.738. The molecular weight excluding hydrogens is 394 g/mol. The second kappa shape index (κ2) is 7.36. The Morgan fingerprint density at radius 1 is 1.25 bits per heavy atom. The summed E-state index contributed by atoms with van der Waals surface area (Å²) < 4.78 is 25.7. The SMILES string of the molecule is Cc1ccc(NC(=O)[C@@H](C)S(=O)(=O)Cc2cccc(Br)c2)c(O)c1. The number of nitrogens with one attached hydrogen (secondary N) is 1. The fourth-order valence-electron chi connectivity index (χ4n) is 2.13. The van der Waals surface area contributed by atoms with Gasteiger partial charge in [0.1, 0.15) is 11.0 Å². The highest BCUT2D eigenvalue weighted by Gasteiger charge is 2.28. The van der Waals surface area contributed by atoms with Gasteiger partial charge < -0.3 is 10.4 Å². The third-order valence-electron chi connectivity index (χ3n) is 3.58. The van der Waals surface area contributed by atoms with Crippen molar-refractivity contribution in [2.24, 2.45) is 0 Å². The predicted molar refractivity (Wildman–Crippen MR) is 97.7 cm³/mol. The van der Waals surface area contributed by atoms with Gasteiger partial charge in [0.05, 0.1) is 11.4 Å². The Balaban J connectivity index is 2.13. The molecule has 0 radical (unpaired) electrons. The van der Waals surface area contributed by atoms with E-state index in [0.717, 1.165) is 10.0 Å². The van der Waals surface area contributed by atoms with E-state index in [4.69, 9.17) is 0 Å². The molecule has 0 unspecified atom stereocenters. The van der Waals surface area contributed by atoms with Gasteiger partial charge >= 0.3 is 0 Å². The lowest BCUT2D eigenvalue weighted by Crippen LogP contribution is -2.33. The zero-order valence-electron chi connectivity index (χ0n) is 13.3. The Morgan fingerprint density at radius 2 is 1.96 bits per heavy atom. The third-order valence-corrected chi connectivity index (χ3v) is 6.10. The van der Waals surface area contributed by atoms with Gasteiger partial charge in [-0.1, -0.05) is 34.1 Å². The van der Waals surface area contributed by atoms with Crippen LogP contribution in [0.25, 0.3) is 0 Å². The molecule has 2 N–H and O–H groups in total. The molecule has 2 rings (SSSR count). The maximum Gasteiger partial charge on any atom is 0.242 e. The molecule has 0 spiro atoms. The van der Waals surface area contributed by atoms with Crippen LogP contribution in [0, 0.1) is 6.92 Å². The summed E-state index contributed by atoms with van der Waals surface area (Å²) in [5.74, 6) is -1.01. The number of aryl methyl sites for hydroxylation is 1. The van der Waals surface area contributed by atoms with Crippen LogP contribution < -0.4 is 5.32 Å². The molecule has 2 aromatic rings. The first-order valence-corrected chi connectivity index (χ1v) is 9.76. The molecule has 2 aromatic carbocycles. The van der Waals surface area contributed by atoms with Crippen molar-refractivity contribution in [2.75, 3.05) is 5.32 Å². The average Bonchev–Trinajstić information content (AvgIpc) is 2.48. The second-order valence-corrected chi connectivity index (χ2v) is 8.83. The zero-order chi connectivity index (χ0) is 17.9. The number of aromatic hydroxyl groups is 1. The minimum absolute atomic E-state index is 0.0973. The molecular formula is C17H18BrNO4S. The van der Waals surface area contributed by atoms with E-state index in [2.05, 4.69) is 21.2 Å². The van der Waals surface area contributed by atoms with E-state index in [9.17, 15) is 18.3 Å².